The maximum Gasteiger partial charge on any atom is 0.275 e. The summed E-state index contributed by atoms with van der Waals surface area (Å²) in [5.74, 6) is 1.12. The maximum atomic E-state index is 13.6. The zero-order valence-corrected chi connectivity index (χ0v) is 17.2. The minimum atomic E-state index is -0.399. The lowest BCUT2D eigenvalue weighted by molar-refractivity contribution is 0.0559. The molecule has 0 spiro atoms. The molecular formula is C22H23FN6O2. The van der Waals surface area contributed by atoms with Crippen molar-refractivity contribution in [2.75, 3.05) is 13.2 Å². The molecule has 3 unspecified atom stereocenters. The zero-order chi connectivity index (χ0) is 21.4. The SMILES string of the molecule is Cc1ccc(-n2nccn2)c(C(=O)N2CC3CC3CC2CCOc2ccc(F)cn2)n1. The summed E-state index contributed by atoms with van der Waals surface area (Å²) in [6.45, 7) is 3.00. The van der Waals surface area contributed by atoms with Crippen molar-refractivity contribution >= 4 is 5.91 Å². The lowest BCUT2D eigenvalue weighted by atomic mass is 9.98. The van der Waals surface area contributed by atoms with Crippen molar-refractivity contribution in [2.24, 2.45) is 11.8 Å². The van der Waals surface area contributed by atoms with Crippen molar-refractivity contribution in [3.05, 3.63) is 60.1 Å². The fourth-order valence-electron chi connectivity index (χ4n) is 4.31. The molecule has 1 aliphatic heterocycles. The van der Waals surface area contributed by atoms with Gasteiger partial charge in [-0.05, 0) is 49.8 Å². The molecule has 1 aliphatic carbocycles. The second-order valence-electron chi connectivity index (χ2n) is 8.19. The second-order valence-corrected chi connectivity index (χ2v) is 8.19. The van der Waals surface area contributed by atoms with Crippen LogP contribution in [0.2, 0.25) is 0 Å². The van der Waals surface area contributed by atoms with Crippen LogP contribution in [0.1, 0.15) is 35.4 Å². The summed E-state index contributed by atoms with van der Waals surface area (Å²) in [5, 5.41) is 8.35. The van der Waals surface area contributed by atoms with Crippen molar-refractivity contribution in [2.45, 2.75) is 32.2 Å². The van der Waals surface area contributed by atoms with E-state index in [1.807, 2.05) is 24.0 Å². The van der Waals surface area contributed by atoms with Gasteiger partial charge in [-0.2, -0.15) is 10.2 Å². The number of halogens is 1. The summed E-state index contributed by atoms with van der Waals surface area (Å²) < 4.78 is 18.7. The smallest absolute Gasteiger partial charge is 0.275 e. The molecule has 0 bridgehead atoms. The largest absolute Gasteiger partial charge is 0.478 e. The van der Waals surface area contributed by atoms with Crippen LogP contribution in [-0.4, -0.2) is 55.0 Å². The average molecular weight is 422 g/mol. The van der Waals surface area contributed by atoms with E-state index >= 15 is 0 Å². The van der Waals surface area contributed by atoms with E-state index < -0.39 is 5.82 Å². The first-order chi connectivity index (χ1) is 15.1. The Kier molecular flexibility index (Phi) is 5.09. The molecule has 2 aliphatic rings. The number of pyridine rings is 2. The van der Waals surface area contributed by atoms with Crippen molar-refractivity contribution in [3.63, 3.8) is 0 Å². The normalized spacial score (nSPS) is 22.1. The summed E-state index contributed by atoms with van der Waals surface area (Å²) in [7, 11) is 0. The van der Waals surface area contributed by atoms with E-state index in [9.17, 15) is 9.18 Å². The molecule has 8 nitrogen and oxygen atoms in total. The molecule has 0 aromatic carbocycles. The van der Waals surface area contributed by atoms with Crippen LogP contribution >= 0.6 is 0 Å². The Morgan fingerprint density at radius 3 is 2.77 bits per heavy atom. The highest BCUT2D eigenvalue weighted by atomic mass is 19.1. The number of fused-ring (bicyclic) bond motifs is 1. The van der Waals surface area contributed by atoms with E-state index in [2.05, 4.69) is 20.2 Å². The van der Waals surface area contributed by atoms with Crippen LogP contribution in [0.4, 0.5) is 4.39 Å². The monoisotopic (exact) mass is 422 g/mol. The number of hydrogen-bond donors (Lipinski definition) is 0. The quantitative estimate of drug-likeness (QED) is 0.607. The number of rotatable bonds is 6. The lowest BCUT2D eigenvalue weighted by Gasteiger charge is -2.35. The highest BCUT2D eigenvalue weighted by molar-refractivity contribution is 5.96. The first kappa shape index (κ1) is 19.6. The molecule has 3 atom stereocenters. The topological polar surface area (TPSA) is 86.0 Å². The Bertz CT molecular complexity index is 1070. The molecule has 31 heavy (non-hydrogen) atoms. The minimum absolute atomic E-state index is 0.0532. The summed E-state index contributed by atoms with van der Waals surface area (Å²) in [6, 6.07) is 6.57. The molecule has 1 saturated heterocycles. The van der Waals surface area contributed by atoms with Gasteiger partial charge >= 0.3 is 0 Å². The number of nitrogens with zero attached hydrogens (tertiary/aromatic N) is 6. The molecule has 2 fully saturated rings. The Morgan fingerprint density at radius 1 is 1.16 bits per heavy atom. The van der Waals surface area contributed by atoms with Gasteiger partial charge in [0.15, 0.2) is 5.69 Å². The van der Waals surface area contributed by atoms with Gasteiger partial charge in [-0.1, -0.05) is 0 Å². The first-order valence-corrected chi connectivity index (χ1v) is 10.5. The van der Waals surface area contributed by atoms with Gasteiger partial charge in [0.05, 0.1) is 25.2 Å². The number of hydrogen-bond acceptors (Lipinski definition) is 6. The molecule has 0 N–H and O–H groups in total. The van der Waals surface area contributed by atoms with E-state index in [-0.39, 0.29) is 11.9 Å². The summed E-state index contributed by atoms with van der Waals surface area (Å²) in [4.78, 5) is 25.5. The molecule has 4 heterocycles. The van der Waals surface area contributed by atoms with Gasteiger partial charge in [0.1, 0.15) is 11.5 Å². The van der Waals surface area contributed by atoms with E-state index in [0.717, 1.165) is 31.3 Å². The van der Waals surface area contributed by atoms with E-state index in [0.29, 0.717) is 42.1 Å². The minimum Gasteiger partial charge on any atom is -0.478 e. The molecular weight excluding hydrogens is 399 g/mol. The number of piperidine rings is 1. The highest BCUT2D eigenvalue weighted by Crippen LogP contribution is 2.48. The van der Waals surface area contributed by atoms with Crippen LogP contribution in [0.5, 0.6) is 5.88 Å². The van der Waals surface area contributed by atoms with Gasteiger partial charge in [-0.25, -0.2) is 14.4 Å². The first-order valence-electron chi connectivity index (χ1n) is 10.5. The molecule has 3 aromatic heterocycles. The number of amides is 1. The predicted molar refractivity (Wildman–Crippen MR) is 109 cm³/mol. The fourth-order valence-corrected chi connectivity index (χ4v) is 4.31. The van der Waals surface area contributed by atoms with Gasteiger partial charge in [-0.3, -0.25) is 4.79 Å². The fraction of sp³-hybridized carbons (Fsp3) is 0.409. The van der Waals surface area contributed by atoms with E-state index in [4.69, 9.17) is 4.74 Å². The Balaban J connectivity index is 1.34. The lowest BCUT2D eigenvalue weighted by Crippen LogP contribution is -2.46. The Hall–Kier alpha value is -3.36. The van der Waals surface area contributed by atoms with Crippen molar-refractivity contribution in [1.82, 2.24) is 29.9 Å². The second kappa shape index (κ2) is 8.05. The molecule has 9 heteroatoms. The number of aryl methyl sites for hydroxylation is 1. The number of carbonyl (C=O) groups excluding carboxylic acids is 1. The number of aromatic nitrogens is 5. The predicted octanol–water partition coefficient (Wildman–Crippen LogP) is 2.82. The van der Waals surface area contributed by atoms with Crippen molar-refractivity contribution < 1.29 is 13.9 Å². The molecule has 160 valence electrons. The zero-order valence-electron chi connectivity index (χ0n) is 17.2. The van der Waals surface area contributed by atoms with Crippen LogP contribution in [0.3, 0.4) is 0 Å². The molecule has 0 radical (unpaired) electrons. The van der Waals surface area contributed by atoms with E-state index in [1.54, 1.807) is 12.4 Å². The van der Waals surface area contributed by atoms with Crippen molar-refractivity contribution in [3.8, 4) is 11.6 Å². The van der Waals surface area contributed by atoms with Crippen LogP contribution in [0.15, 0.2) is 42.9 Å². The summed E-state index contributed by atoms with van der Waals surface area (Å²) >= 11 is 0. The Morgan fingerprint density at radius 2 is 2.00 bits per heavy atom. The van der Waals surface area contributed by atoms with Crippen LogP contribution in [0.25, 0.3) is 5.69 Å². The third-order valence-electron chi connectivity index (χ3n) is 6.03. The summed E-state index contributed by atoms with van der Waals surface area (Å²) in [6.07, 6.45) is 7.08. The van der Waals surface area contributed by atoms with Gasteiger partial charge < -0.3 is 9.64 Å². The van der Waals surface area contributed by atoms with Crippen LogP contribution < -0.4 is 4.74 Å². The average Bonchev–Trinajstić information content (AvgIpc) is 3.32. The van der Waals surface area contributed by atoms with Gasteiger partial charge in [0, 0.05) is 30.8 Å². The number of ether oxygens (including phenoxy) is 1. The summed E-state index contributed by atoms with van der Waals surface area (Å²) in [5.41, 5.74) is 1.70. The molecule has 1 saturated carbocycles. The Labute approximate surface area is 179 Å². The standard InChI is InChI=1S/C22H23FN6O2/c1-14-2-4-19(29-25-7-8-26-29)21(27-14)22(30)28-13-16-10-15(16)11-18(28)6-9-31-20-5-3-17(23)12-24-20/h2-5,7-8,12,15-16,18H,6,9-11,13H2,1H3. The van der Waals surface area contributed by atoms with Crippen molar-refractivity contribution in [1.29, 1.82) is 0 Å². The third-order valence-corrected chi connectivity index (χ3v) is 6.03. The van der Waals surface area contributed by atoms with Crippen LogP contribution in [-0.2, 0) is 0 Å². The molecule has 3 aromatic rings. The van der Waals surface area contributed by atoms with Crippen LogP contribution in [0, 0.1) is 24.6 Å². The molecule has 1 amide bonds. The number of likely N-dealkylation sites (tertiary alicyclic amines) is 1. The third kappa shape index (κ3) is 4.12. The van der Waals surface area contributed by atoms with Gasteiger partial charge in [-0.15, -0.1) is 4.80 Å². The molecule has 5 rings (SSSR count). The van der Waals surface area contributed by atoms with Gasteiger partial charge in [0.2, 0.25) is 5.88 Å². The highest BCUT2D eigenvalue weighted by Gasteiger charge is 2.47. The maximum absolute atomic E-state index is 13.6. The van der Waals surface area contributed by atoms with E-state index in [1.165, 1.54) is 16.9 Å². The number of carbonyl (C=O) groups is 1. The van der Waals surface area contributed by atoms with Gasteiger partial charge in [0.25, 0.3) is 5.91 Å².